The fourth-order valence-electron chi connectivity index (χ4n) is 2.99. The van der Waals surface area contributed by atoms with E-state index in [-0.39, 0.29) is 48.7 Å². The molecule has 224 valence electrons. The summed E-state index contributed by atoms with van der Waals surface area (Å²) in [5.41, 5.74) is 0.435. The molecule has 0 heterocycles. The number of hydrogen-bond donors (Lipinski definition) is 6. The molecule has 0 amide bonds. The summed E-state index contributed by atoms with van der Waals surface area (Å²) in [4.78, 5) is 45.0. The van der Waals surface area contributed by atoms with Crippen molar-refractivity contribution in [3.8, 4) is 0 Å². The molecule has 1 aliphatic rings. The predicted molar refractivity (Wildman–Crippen MR) is 146 cm³/mol. The summed E-state index contributed by atoms with van der Waals surface area (Å²) < 4.78 is 9.85. The van der Waals surface area contributed by atoms with Crippen molar-refractivity contribution in [1.29, 1.82) is 0 Å². The fourth-order valence-corrected chi connectivity index (χ4v) is 2.99. The number of aliphatic hydroxyl groups excluding tert-OH is 4. The smallest absolute Gasteiger partial charge is 0.338 e. The van der Waals surface area contributed by atoms with Crippen LogP contribution in [0.3, 0.4) is 0 Å². The standard InChI is InChI=1S/C18H14O8.C6H12.C2H6O2.2CH4O/c19-15(20)11-1-5-13(6-2-11)17(23)25-9-10-26-18(24)14-7-3-12(4-8-14)16(21)22;1-2-4-6-5-3-1;3-1-2-4;2*1-2/h1-8H,9-10H2,(H,19,20)(H,21,22);1-6H2;3-4H,1-2H2;2*2H,1H3. The molecule has 12 nitrogen and oxygen atoms in total. The van der Waals surface area contributed by atoms with Crippen LogP contribution in [0.15, 0.2) is 48.5 Å². The highest BCUT2D eigenvalue weighted by Gasteiger charge is 2.11. The molecule has 0 atom stereocenters. The van der Waals surface area contributed by atoms with Gasteiger partial charge in [-0.15, -0.1) is 0 Å². The molecule has 2 aromatic carbocycles. The number of carboxylic acid groups (broad SMARTS) is 2. The Hall–Kier alpha value is -3.84. The maximum Gasteiger partial charge on any atom is 0.338 e. The zero-order chi connectivity index (χ0) is 30.8. The fraction of sp³-hybridized carbons (Fsp3) is 0.429. The van der Waals surface area contributed by atoms with E-state index >= 15 is 0 Å². The van der Waals surface area contributed by atoms with Gasteiger partial charge in [0.25, 0.3) is 0 Å². The van der Waals surface area contributed by atoms with Crippen molar-refractivity contribution >= 4 is 23.9 Å². The van der Waals surface area contributed by atoms with Gasteiger partial charge in [0.15, 0.2) is 0 Å². The molecule has 1 saturated carbocycles. The van der Waals surface area contributed by atoms with E-state index in [0.717, 1.165) is 14.2 Å². The van der Waals surface area contributed by atoms with Crippen molar-refractivity contribution in [1.82, 2.24) is 0 Å². The molecular formula is C28H40O12. The van der Waals surface area contributed by atoms with Crippen LogP contribution in [0.2, 0.25) is 0 Å². The first-order chi connectivity index (χ1) is 19.3. The highest BCUT2D eigenvalue weighted by molar-refractivity contribution is 5.93. The third kappa shape index (κ3) is 17.6. The van der Waals surface area contributed by atoms with Gasteiger partial charge in [-0.25, -0.2) is 19.2 Å². The van der Waals surface area contributed by atoms with E-state index in [2.05, 4.69) is 0 Å². The summed E-state index contributed by atoms with van der Waals surface area (Å²) in [6.45, 7) is -0.614. The first-order valence-corrected chi connectivity index (χ1v) is 12.4. The highest BCUT2D eigenvalue weighted by Crippen LogP contribution is 2.15. The van der Waals surface area contributed by atoms with Crippen molar-refractivity contribution in [2.24, 2.45) is 0 Å². The van der Waals surface area contributed by atoms with Crippen molar-refractivity contribution in [2.45, 2.75) is 38.5 Å². The lowest BCUT2D eigenvalue weighted by atomic mass is 10.0. The third-order valence-corrected chi connectivity index (χ3v) is 4.88. The summed E-state index contributed by atoms with van der Waals surface area (Å²) in [7, 11) is 2.00. The van der Waals surface area contributed by atoms with E-state index < -0.39 is 23.9 Å². The lowest BCUT2D eigenvalue weighted by Gasteiger charge is -2.07. The third-order valence-electron chi connectivity index (χ3n) is 4.88. The van der Waals surface area contributed by atoms with Crippen LogP contribution in [0, 0.1) is 0 Å². The largest absolute Gasteiger partial charge is 0.478 e. The van der Waals surface area contributed by atoms with E-state index in [4.69, 9.17) is 40.1 Å². The van der Waals surface area contributed by atoms with E-state index in [1.54, 1.807) is 0 Å². The second-order valence-corrected chi connectivity index (χ2v) is 7.61. The Morgan fingerprint density at radius 1 is 0.525 bits per heavy atom. The molecule has 3 rings (SSSR count). The quantitative estimate of drug-likeness (QED) is 0.201. The molecule has 0 bridgehead atoms. The first kappa shape index (κ1) is 38.3. The minimum atomic E-state index is -1.10. The molecule has 40 heavy (non-hydrogen) atoms. The number of rotatable bonds is 8. The minimum Gasteiger partial charge on any atom is -0.478 e. The molecule has 2 aromatic rings. The Morgan fingerprint density at radius 2 is 0.750 bits per heavy atom. The van der Waals surface area contributed by atoms with Crippen LogP contribution in [-0.2, 0) is 9.47 Å². The van der Waals surface area contributed by atoms with Crippen molar-refractivity contribution in [2.75, 3.05) is 40.6 Å². The summed E-state index contributed by atoms with van der Waals surface area (Å²) in [6, 6.07) is 10.4. The molecule has 0 saturated heterocycles. The monoisotopic (exact) mass is 568 g/mol. The number of aromatic carboxylic acids is 2. The molecule has 0 unspecified atom stereocenters. The van der Waals surface area contributed by atoms with Crippen LogP contribution in [-0.4, -0.2) is 95.2 Å². The number of benzene rings is 2. The number of esters is 2. The Kier molecular flexibility index (Phi) is 24.4. The lowest BCUT2D eigenvalue weighted by molar-refractivity contribution is 0.0265. The van der Waals surface area contributed by atoms with Crippen LogP contribution in [0.1, 0.15) is 80.0 Å². The van der Waals surface area contributed by atoms with E-state index in [1.807, 2.05) is 0 Å². The molecule has 12 heteroatoms. The number of carbonyl (C=O) groups excluding carboxylic acids is 2. The van der Waals surface area contributed by atoms with Gasteiger partial charge in [0.05, 0.1) is 35.5 Å². The average Bonchev–Trinajstić information content (AvgIpc) is 3.02. The van der Waals surface area contributed by atoms with Gasteiger partial charge >= 0.3 is 23.9 Å². The highest BCUT2D eigenvalue weighted by atomic mass is 16.6. The van der Waals surface area contributed by atoms with Gasteiger partial charge in [0.2, 0.25) is 0 Å². The molecule has 0 aliphatic heterocycles. The van der Waals surface area contributed by atoms with Crippen molar-refractivity contribution in [3.63, 3.8) is 0 Å². The van der Waals surface area contributed by atoms with Gasteiger partial charge in [-0.2, -0.15) is 0 Å². The van der Waals surface area contributed by atoms with Crippen LogP contribution in [0.4, 0.5) is 0 Å². The Bertz CT molecular complexity index is 867. The maximum absolute atomic E-state index is 11.8. The maximum atomic E-state index is 11.8. The van der Waals surface area contributed by atoms with Gasteiger partial charge in [0, 0.05) is 14.2 Å². The van der Waals surface area contributed by atoms with Gasteiger partial charge in [-0.3, -0.25) is 0 Å². The number of hydrogen-bond acceptors (Lipinski definition) is 10. The van der Waals surface area contributed by atoms with Crippen molar-refractivity contribution in [3.05, 3.63) is 70.8 Å². The van der Waals surface area contributed by atoms with E-state index in [1.165, 1.54) is 87.1 Å². The molecular weight excluding hydrogens is 528 g/mol. The molecule has 6 N–H and O–H groups in total. The number of carbonyl (C=O) groups is 4. The molecule has 0 spiro atoms. The van der Waals surface area contributed by atoms with Gasteiger partial charge in [0.1, 0.15) is 13.2 Å². The first-order valence-electron chi connectivity index (χ1n) is 12.4. The Balaban J connectivity index is 0. The van der Waals surface area contributed by atoms with E-state index in [0.29, 0.717) is 0 Å². The molecule has 1 aliphatic carbocycles. The summed E-state index contributed by atoms with van der Waals surface area (Å²) in [5, 5.41) is 46.8. The zero-order valence-electron chi connectivity index (χ0n) is 22.8. The number of carboxylic acids is 2. The lowest BCUT2D eigenvalue weighted by Crippen LogP contribution is -2.14. The minimum absolute atomic E-state index is 0.0457. The Morgan fingerprint density at radius 3 is 0.950 bits per heavy atom. The van der Waals surface area contributed by atoms with Gasteiger partial charge < -0.3 is 40.1 Å². The number of ether oxygens (including phenoxy) is 2. The van der Waals surface area contributed by atoms with Gasteiger partial charge in [-0.1, -0.05) is 38.5 Å². The second kappa shape index (κ2) is 25.4. The molecule has 1 fully saturated rings. The summed E-state index contributed by atoms with van der Waals surface area (Å²) in [6.07, 6.45) is 9.00. The van der Waals surface area contributed by atoms with E-state index in [9.17, 15) is 19.2 Å². The van der Waals surface area contributed by atoms with Crippen molar-refractivity contribution < 1.29 is 59.3 Å². The normalized spacial score (nSPS) is 11.2. The predicted octanol–water partition coefficient (Wildman–Crippen LogP) is 2.63. The van der Waals surface area contributed by atoms with Crippen LogP contribution >= 0.6 is 0 Å². The van der Waals surface area contributed by atoms with Gasteiger partial charge in [-0.05, 0) is 48.5 Å². The Labute approximate surface area is 233 Å². The molecule has 0 radical (unpaired) electrons. The zero-order valence-corrected chi connectivity index (χ0v) is 22.8. The molecule has 0 aromatic heterocycles. The number of aliphatic hydroxyl groups is 4. The average molecular weight is 569 g/mol. The van der Waals surface area contributed by atoms with Crippen LogP contribution in [0.5, 0.6) is 0 Å². The second-order valence-electron chi connectivity index (χ2n) is 7.61. The summed E-state index contributed by atoms with van der Waals surface area (Å²) in [5.74, 6) is -3.56. The summed E-state index contributed by atoms with van der Waals surface area (Å²) >= 11 is 0. The van der Waals surface area contributed by atoms with Crippen LogP contribution in [0.25, 0.3) is 0 Å². The topological polar surface area (TPSA) is 208 Å². The SMILES string of the molecule is C1CCCCC1.CO.CO.O=C(O)c1ccc(C(=O)OCCOC(=O)c2ccc(C(=O)O)cc2)cc1.OCCO. The van der Waals surface area contributed by atoms with Crippen LogP contribution < -0.4 is 0 Å².